The van der Waals surface area contributed by atoms with Gasteiger partial charge in [-0.25, -0.2) is 4.57 Å². The Hall–Kier alpha value is -1.15. The van der Waals surface area contributed by atoms with Crippen molar-refractivity contribution in [3.63, 3.8) is 0 Å². The second-order valence-corrected chi connectivity index (χ2v) is 20.5. The van der Waals surface area contributed by atoms with Gasteiger partial charge in [-0.15, -0.1) is 0 Å². The molecule has 13 nitrogen and oxygen atoms in total. The maximum absolute atomic E-state index is 12.9. The number of aliphatic hydroxyl groups excluding tert-OH is 5. The highest BCUT2D eigenvalue weighted by Crippen LogP contribution is 2.47. The summed E-state index contributed by atoms with van der Waals surface area (Å²) in [6.45, 7) is 3.36. The van der Waals surface area contributed by atoms with E-state index >= 15 is 0 Å². The van der Waals surface area contributed by atoms with Crippen molar-refractivity contribution < 1.29 is 63.1 Å². The van der Waals surface area contributed by atoms with E-state index in [0.717, 1.165) is 38.5 Å². The molecule has 14 heteroatoms. The highest BCUT2D eigenvalue weighted by atomic mass is 31.2. The van der Waals surface area contributed by atoms with Gasteiger partial charge in [-0.2, -0.15) is 0 Å². The molecular weight excluding hydrogens is 852 g/mol. The molecule has 0 aromatic carbocycles. The summed E-state index contributed by atoms with van der Waals surface area (Å²) in [6, 6.07) is 0. The first kappa shape index (κ1) is 61.9. The quantitative estimate of drug-likeness (QED) is 0.0191. The number of phosphoric ester groups is 1. The number of aliphatic hydroxyl groups is 5. The summed E-state index contributed by atoms with van der Waals surface area (Å²) < 4.78 is 33.7. The van der Waals surface area contributed by atoms with E-state index in [0.29, 0.717) is 12.8 Å². The van der Waals surface area contributed by atoms with Crippen LogP contribution < -0.4 is 0 Å². The Kier molecular flexibility index (Phi) is 39.8. The molecule has 0 heterocycles. The first-order chi connectivity index (χ1) is 31.4. The fourth-order valence-corrected chi connectivity index (χ4v) is 9.62. The Morgan fingerprint density at radius 1 is 0.415 bits per heavy atom. The fraction of sp³-hybridized carbons (Fsp3) is 0.961. The maximum Gasteiger partial charge on any atom is 0.472 e. The highest BCUT2D eigenvalue weighted by molar-refractivity contribution is 7.47. The third-order valence-corrected chi connectivity index (χ3v) is 13.9. The number of carbonyl (C=O) groups excluding carboxylic acids is 2. The number of rotatable bonds is 46. The van der Waals surface area contributed by atoms with Crippen molar-refractivity contribution in [2.24, 2.45) is 0 Å². The number of ether oxygens (including phenoxy) is 2. The number of phosphoric acid groups is 1. The second kappa shape index (κ2) is 41.8. The molecule has 1 aliphatic rings. The van der Waals surface area contributed by atoms with Crippen LogP contribution in [0.4, 0.5) is 0 Å². The van der Waals surface area contributed by atoms with Crippen LogP contribution in [-0.2, 0) is 32.7 Å². The molecule has 0 aromatic heterocycles. The number of hydrogen-bond acceptors (Lipinski definition) is 12. The molecule has 0 bridgehead atoms. The predicted octanol–water partition coefficient (Wildman–Crippen LogP) is 11.6. The Morgan fingerprint density at radius 3 is 1.02 bits per heavy atom. The minimum absolute atomic E-state index is 0.105. The largest absolute Gasteiger partial charge is 0.472 e. The van der Waals surface area contributed by atoms with Crippen molar-refractivity contribution in [2.45, 2.75) is 301 Å². The van der Waals surface area contributed by atoms with E-state index in [-0.39, 0.29) is 12.8 Å². The van der Waals surface area contributed by atoms with Crippen molar-refractivity contribution in [2.75, 3.05) is 13.2 Å². The number of carbonyl (C=O) groups is 2. The summed E-state index contributed by atoms with van der Waals surface area (Å²) in [5.74, 6) is -1.08. The molecule has 0 amide bonds. The van der Waals surface area contributed by atoms with Crippen LogP contribution in [0.15, 0.2) is 0 Å². The summed E-state index contributed by atoms with van der Waals surface area (Å²) in [7, 11) is -5.11. The molecule has 1 saturated carbocycles. The van der Waals surface area contributed by atoms with E-state index in [9.17, 15) is 44.6 Å². The number of hydrogen-bond donors (Lipinski definition) is 6. The lowest BCUT2D eigenvalue weighted by Crippen LogP contribution is -2.64. The summed E-state index contributed by atoms with van der Waals surface area (Å²) in [5, 5.41) is 50.3. The van der Waals surface area contributed by atoms with Crippen LogP contribution in [0.3, 0.4) is 0 Å². The van der Waals surface area contributed by atoms with Crippen LogP contribution in [0.5, 0.6) is 0 Å². The molecule has 6 N–H and O–H groups in total. The zero-order valence-electron chi connectivity index (χ0n) is 41.3. The summed E-state index contributed by atoms with van der Waals surface area (Å²) in [6.07, 6.45) is 31.5. The normalized spacial score (nSPS) is 21.3. The molecule has 0 radical (unpaired) electrons. The highest BCUT2D eigenvalue weighted by Gasteiger charge is 2.51. The van der Waals surface area contributed by atoms with Gasteiger partial charge >= 0.3 is 19.8 Å². The van der Waals surface area contributed by atoms with Gasteiger partial charge in [0.05, 0.1) is 6.61 Å². The lowest BCUT2D eigenvalue weighted by atomic mass is 9.85. The van der Waals surface area contributed by atoms with Crippen LogP contribution in [0, 0.1) is 0 Å². The molecular formula is C51H99O13P. The first-order valence-electron chi connectivity index (χ1n) is 26.8. The lowest BCUT2D eigenvalue weighted by molar-refractivity contribution is -0.220. The minimum Gasteiger partial charge on any atom is -0.462 e. The van der Waals surface area contributed by atoms with Crippen LogP contribution in [0.25, 0.3) is 0 Å². The molecule has 0 spiro atoms. The van der Waals surface area contributed by atoms with Crippen LogP contribution >= 0.6 is 7.82 Å². The second-order valence-electron chi connectivity index (χ2n) is 19.1. The standard InChI is InChI=1S/C51H99O13P/c1-3-5-7-9-11-13-15-17-19-21-23-25-27-29-31-33-35-37-39-44(52)61-41-43(42-62-65(59,60)64-51-49(57)47(55)46(54)48(56)50(51)58)63-45(53)40-38-36-34-32-30-28-26-24-22-20-18-16-14-12-10-8-6-4-2/h43,46-51,54-58H,3-42H2,1-2H3,(H,59,60)/t43-,46?,47-,48?,49?,50?,51?/m1/s1. The zero-order chi connectivity index (χ0) is 47.8. The monoisotopic (exact) mass is 951 g/mol. The molecule has 8 atom stereocenters. The molecule has 0 saturated heterocycles. The van der Waals surface area contributed by atoms with E-state index in [1.807, 2.05) is 0 Å². The minimum atomic E-state index is -5.11. The first-order valence-corrected chi connectivity index (χ1v) is 28.3. The molecule has 386 valence electrons. The SMILES string of the molecule is CCCCCCCCCCCCCCCCCCCCC(=O)OC[C@H](COP(=O)(O)OC1C(O)C(O)C(O)[C@@H](O)C1O)OC(=O)CCCCCCCCCCCCCCCCCCCC. The van der Waals surface area contributed by atoms with E-state index in [4.69, 9.17) is 18.5 Å². The van der Waals surface area contributed by atoms with Gasteiger partial charge in [-0.05, 0) is 12.8 Å². The van der Waals surface area contributed by atoms with E-state index in [1.165, 1.54) is 180 Å². The Bertz CT molecular complexity index is 1150. The van der Waals surface area contributed by atoms with Gasteiger partial charge in [0.25, 0.3) is 0 Å². The van der Waals surface area contributed by atoms with Crippen molar-refractivity contribution >= 4 is 19.8 Å². The van der Waals surface area contributed by atoms with Crippen molar-refractivity contribution in [3.05, 3.63) is 0 Å². The van der Waals surface area contributed by atoms with Gasteiger partial charge < -0.3 is 39.9 Å². The van der Waals surface area contributed by atoms with Gasteiger partial charge in [-0.1, -0.05) is 232 Å². The molecule has 65 heavy (non-hydrogen) atoms. The topological polar surface area (TPSA) is 210 Å². The fourth-order valence-electron chi connectivity index (χ4n) is 8.64. The summed E-state index contributed by atoms with van der Waals surface area (Å²) >= 11 is 0. The molecule has 1 fully saturated rings. The van der Waals surface area contributed by atoms with E-state index in [2.05, 4.69) is 13.8 Å². The van der Waals surface area contributed by atoms with Crippen molar-refractivity contribution in [3.8, 4) is 0 Å². The number of unbranched alkanes of at least 4 members (excludes halogenated alkanes) is 34. The summed E-state index contributed by atoms with van der Waals surface area (Å²) in [5.41, 5.74) is 0. The average Bonchev–Trinajstić information content (AvgIpc) is 3.29. The Balaban J connectivity index is 2.36. The predicted molar refractivity (Wildman–Crippen MR) is 258 cm³/mol. The molecule has 1 rings (SSSR count). The smallest absolute Gasteiger partial charge is 0.462 e. The van der Waals surface area contributed by atoms with Crippen LogP contribution in [0.1, 0.15) is 258 Å². The Morgan fingerprint density at radius 2 is 0.692 bits per heavy atom. The van der Waals surface area contributed by atoms with E-state index < -0.39 is 75.7 Å². The van der Waals surface area contributed by atoms with Gasteiger partial charge in [0.2, 0.25) is 0 Å². The van der Waals surface area contributed by atoms with Gasteiger partial charge in [0.1, 0.15) is 43.2 Å². The van der Waals surface area contributed by atoms with Crippen molar-refractivity contribution in [1.29, 1.82) is 0 Å². The molecule has 0 aromatic rings. The van der Waals surface area contributed by atoms with Gasteiger partial charge in [0, 0.05) is 12.8 Å². The van der Waals surface area contributed by atoms with Gasteiger partial charge in [0.15, 0.2) is 6.10 Å². The Labute approximate surface area is 395 Å². The maximum atomic E-state index is 12.9. The average molecular weight is 951 g/mol. The molecule has 1 aliphatic carbocycles. The van der Waals surface area contributed by atoms with E-state index in [1.54, 1.807) is 0 Å². The summed E-state index contributed by atoms with van der Waals surface area (Å²) in [4.78, 5) is 35.9. The molecule has 0 aliphatic heterocycles. The van der Waals surface area contributed by atoms with Gasteiger partial charge in [-0.3, -0.25) is 18.6 Å². The molecule has 6 unspecified atom stereocenters. The van der Waals surface area contributed by atoms with Crippen LogP contribution in [0.2, 0.25) is 0 Å². The third-order valence-electron chi connectivity index (χ3n) is 12.9. The number of esters is 2. The third kappa shape index (κ3) is 33.9. The lowest BCUT2D eigenvalue weighted by Gasteiger charge is -2.41. The van der Waals surface area contributed by atoms with Crippen LogP contribution in [-0.4, -0.2) is 98.3 Å². The zero-order valence-corrected chi connectivity index (χ0v) is 42.2. The van der Waals surface area contributed by atoms with Crippen molar-refractivity contribution in [1.82, 2.24) is 0 Å².